The molecule has 138 valence electrons. The minimum absolute atomic E-state index is 0.257. The highest BCUT2D eigenvalue weighted by molar-refractivity contribution is 7.93. The summed E-state index contributed by atoms with van der Waals surface area (Å²) in [5, 5.41) is 6.23. The van der Waals surface area contributed by atoms with Crippen molar-refractivity contribution in [1.82, 2.24) is 10.2 Å². The van der Waals surface area contributed by atoms with E-state index in [0.717, 1.165) is 56.6 Å². The van der Waals surface area contributed by atoms with Crippen LogP contribution in [-0.4, -0.2) is 52.8 Å². The van der Waals surface area contributed by atoms with Crippen molar-refractivity contribution >= 4 is 24.1 Å². The molecule has 5 nitrogen and oxygen atoms in total. The van der Waals surface area contributed by atoms with E-state index in [1.165, 1.54) is 6.07 Å². The van der Waals surface area contributed by atoms with Crippen molar-refractivity contribution < 1.29 is 13.7 Å². The molecular formula is C18H26FN3O2S. The molecule has 0 aromatic heterocycles. The maximum Gasteiger partial charge on any atom is 0.211 e. The van der Waals surface area contributed by atoms with Gasteiger partial charge in [-0.25, -0.2) is 4.39 Å². The van der Waals surface area contributed by atoms with Gasteiger partial charge in [0.15, 0.2) is 0 Å². The second-order valence-corrected chi connectivity index (χ2v) is 7.48. The van der Waals surface area contributed by atoms with Gasteiger partial charge in [-0.05, 0) is 62.8 Å². The topological polar surface area (TPSA) is 64.4 Å². The number of carbonyl (C=O) groups excluding carboxylic acids is 1. The van der Waals surface area contributed by atoms with Gasteiger partial charge >= 0.3 is 0 Å². The number of fused-ring (bicyclic) bond motifs is 1. The fourth-order valence-corrected chi connectivity index (χ4v) is 4.28. The molecule has 0 radical (unpaired) electrons. The van der Waals surface area contributed by atoms with Crippen LogP contribution < -0.4 is 10.6 Å². The number of hydrogen-bond donors (Lipinski definition) is 3. The van der Waals surface area contributed by atoms with Gasteiger partial charge in [-0.1, -0.05) is 6.07 Å². The third-order valence-electron chi connectivity index (χ3n) is 5.32. The van der Waals surface area contributed by atoms with Crippen LogP contribution in [0.3, 0.4) is 0 Å². The Kier molecular flexibility index (Phi) is 6.70. The Hall–Kier alpha value is -1.15. The Morgan fingerprint density at radius 3 is 3.12 bits per heavy atom. The Morgan fingerprint density at radius 1 is 1.44 bits per heavy atom. The Bertz CT molecular complexity index is 589. The summed E-state index contributed by atoms with van der Waals surface area (Å²) in [6.45, 7) is 2.08. The number of nitrogens with zero attached hydrogens (tertiary/aromatic N) is 1. The normalized spacial score (nSPS) is 28.1. The number of amides is 1. The van der Waals surface area contributed by atoms with Crippen molar-refractivity contribution in [2.45, 2.75) is 50.2 Å². The Labute approximate surface area is 152 Å². The maximum absolute atomic E-state index is 14.1. The highest BCUT2D eigenvalue weighted by Crippen LogP contribution is 2.33. The first-order valence-corrected chi connectivity index (χ1v) is 9.92. The van der Waals surface area contributed by atoms with E-state index < -0.39 is 0 Å². The van der Waals surface area contributed by atoms with E-state index in [1.807, 2.05) is 0 Å². The van der Waals surface area contributed by atoms with Crippen LogP contribution in [0, 0.1) is 5.82 Å². The van der Waals surface area contributed by atoms with Crippen LogP contribution in [0.2, 0.25) is 0 Å². The molecule has 0 saturated carbocycles. The number of nitrogens with one attached hydrogen (secondary N) is 2. The molecule has 4 unspecified atom stereocenters. The molecule has 4 atom stereocenters. The maximum atomic E-state index is 14.1. The number of rotatable bonds is 9. The first kappa shape index (κ1) is 18.6. The molecule has 2 fully saturated rings. The SMILES string of the molecule is O=CNc1cccc(F)c1CCC1NCCC(CCCSO)N2CC12. The largest absolute Gasteiger partial charge is 0.330 e. The van der Waals surface area contributed by atoms with Crippen molar-refractivity contribution in [3.05, 3.63) is 29.6 Å². The van der Waals surface area contributed by atoms with Gasteiger partial charge in [-0.2, -0.15) is 0 Å². The monoisotopic (exact) mass is 367 g/mol. The average molecular weight is 367 g/mol. The molecule has 1 aromatic rings. The predicted octanol–water partition coefficient (Wildman–Crippen LogP) is 2.73. The molecule has 3 N–H and O–H groups in total. The van der Waals surface area contributed by atoms with E-state index in [9.17, 15) is 9.18 Å². The van der Waals surface area contributed by atoms with E-state index in [1.54, 1.807) is 12.1 Å². The third kappa shape index (κ3) is 4.73. The quantitative estimate of drug-likeness (QED) is 0.271. The molecule has 25 heavy (non-hydrogen) atoms. The molecule has 1 amide bonds. The molecule has 1 aromatic carbocycles. The number of anilines is 1. The number of halogens is 1. The van der Waals surface area contributed by atoms with Crippen LogP contribution >= 0.6 is 12.0 Å². The van der Waals surface area contributed by atoms with E-state index in [2.05, 4.69) is 15.5 Å². The fraction of sp³-hybridized carbons (Fsp3) is 0.611. The predicted molar refractivity (Wildman–Crippen MR) is 99.4 cm³/mol. The van der Waals surface area contributed by atoms with Gasteiger partial charge in [-0.15, -0.1) is 0 Å². The molecule has 0 spiro atoms. The highest BCUT2D eigenvalue weighted by Gasteiger charge is 2.45. The van der Waals surface area contributed by atoms with E-state index in [-0.39, 0.29) is 5.82 Å². The summed E-state index contributed by atoms with van der Waals surface area (Å²) in [5.74, 6) is 0.540. The van der Waals surface area contributed by atoms with Crippen LogP contribution in [0.4, 0.5) is 10.1 Å². The second kappa shape index (κ2) is 8.98. The van der Waals surface area contributed by atoms with Crippen LogP contribution in [0.15, 0.2) is 18.2 Å². The number of carbonyl (C=O) groups is 1. The van der Waals surface area contributed by atoms with E-state index in [4.69, 9.17) is 4.55 Å². The van der Waals surface area contributed by atoms with Gasteiger partial charge < -0.3 is 15.2 Å². The zero-order valence-electron chi connectivity index (χ0n) is 14.3. The van der Waals surface area contributed by atoms with Crippen molar-refractivity contribution in [2.24, 2.45) is 0 Å². The lowest BCUT2D eigenvalue weighted by Gasteiger charge is -2.17. The van der Waals surface area contributed by atoms with E-state index >= 15 is 0 Å². The Morgan fingerprint density at radius 2 is 2.32 bits per heavy atom. The third-order valence-corrected chi connectivity index (χ3v) is 5.79. The second-order valence-electron chi connectivity index (χ2n) is 6.81. The van der Waals surface area contributed by atoms with Crippen molar-refractivity contribution in [3.63, 3.8) is 0 Å². The summed E-state index contributed by atoms with van der Waals surface area (Å²) in [6.07, 6.45) is 5.35. The molecular weight excluding hydrogens is 341 g/mol. The number of hydrogen-bond acceptors (Lipinski definition) is 5. The minimum Gasteiger partial charge on any atom is -0.330 e. The van der Waals surface area contributed by atoms with Gasteiger partial charge in [0.25, 0.3) is 0 Å². The summed E-state index contributed by atoms with van der Waals surface area (Å²) in [5.41, 5.74) is 1.15. The van der Waals surface area contributed by atoms with Crippen molar-refractivity contribution in [2.75, 3.05) is 24.2 Å². The first-order chi connectivity index (χ1) is 12.2. The summed E-state index contributed by atoms with van der Waals surface area (Å²) in [7, 11) is 0. The lowest BCUT2D eigenvalue weighted by atomic mass is 10.0. The molecule has 0 bridgehead atoms. The zero-order valence-corrected chi connectivity index (χ0v) is 15.1. The molecule has 2 saturated heterocycles. The van der Waals surface area contributed by atoms with Crippen LogP contribution in [0.1, 0.15) is 31.2 Å². The van der Waals surface area contributed by atoms with E-state index in [0.29, 0.717) is 42.2 Å². The molecule has 2 aliphatic rings. The summed E-state index contributed by atoms with van der Waals surface area (Å²) in [4.78, 5) is 13.3. The summed E-state index contributed by atoms with van der Waals surface area (Å²) < 4.78 is 23.0. The minimum atomic E-state index is -0.257. The van der Waals surface area contributed by atoms with Gasteiger partial charge in [0.05, 0.1) is 0 Å². The molecule has 7 heteroatoms. The van der Waals surface area contributed by atoms with Crippen molar-refractivity contribution in [1.29, 1.82) is 0 Å². The van der Waals surface area contributed by atoms with Crippen molar-refractivity contribution in [3.8, 4) is 0 Å². The molecule has 3 rings (SSSR count). The van der Waals surface area contributed by atoms with Gasteiger partial charge in [-0.3, -0.25) is 9.69 Å². The lowest BCUT2D eigenvalue weighted by Crippen LogP contribution is -2.34. The lowest BCUT2D eigenvalue weighted by molar-refractivity contribution is -0.105. The average Bonchev–Trinajstić information content (AvgIpc) is 3.39. The Balaban J connectivity index is 1.56. The van der Waals surface area contributed by atoms with Crippen LogP contribution in [-0.2, 0) is 11.2 Å². The van der Waals surface area contributed by atoms with Crippen LogP contribution in [0.25, 0.3) is 0 Å². The summed E-state index contributed by atoms with van der Waals surface area (Å²) in [6, 6.07) is 6.29. The van der Waals surface area contributed by atoms with Crippen LogP contribution in [0.5, 0.6) is 0 Å². The molecule has 2 aliphatic heterocycles. The highest BCUT2D eigenvalue weighted by atomic mass is 32.2. The zero-order chi connectivity index (χ0) is 17.6. The number of benzene rings is 1. The van der Waals surface area contributed by atoms with Gasteiger partial charge in [0.1, 0.15) is 5.82 Å². The standard InChI is InChI=1S/C18H26FN3O2S/c19-15-4-1-5-16(21-12-23)14(15)6-7-17-18-11-22(18)13(8-9-20-17)3-2-10-25-24/h1,4-5,12-13,17-18,20,24H,2-3,6-11H2,(H,21,23). The van der Waals surface area contributed by atoms with Gasteiger partial charge in [0.2, 0.25) is 6.41 Å². The first-order valence-electron chi connectivity index (χ1n) is 8.97. The summed E-state index contributed by atoms with van der Waals surface area (Å²) >= 11 is 0.923. The fourth-order valence-electron chi connectivity index (χ4n) is 3.98. The van der Waals surface area contributed by atoms with Gasteiger partial charge in [0, 0.05) is 41.7 Å². The molecule has 2 heterocycles. The smallest absolute Gasteiger partial charge is 0.211 e. The molecule has 0 aliphatic carbocycles.